The average Bonchev–Trinajstić information content (AvgIpc) is 3.09. The molecule has 2 aromatic heterocycles. The van der Waals surface area contributed by atoms with E-state index in [1.807, 2.05) is 6.92 Å². The molecule has 6 nitrogen and oxygen atoms in total. The summed E-state index contributed by atoms with van der Waals surface area (Å²) < 4.78 is 54.0. The average molecular weight is 414 g/mol. The van der Waals surface area contributed by atoms with E-state index in [4.69, 9.17) is 0 Å². The van der Waals surface area contributed by atoms with Crippen molar-refractivity contribution in [2.75, 3.05) is 13.1 Å². The first-order valence-corrected chi connectivity index (χ1v) is 9.18. The second-order valence-corrected chi connectivity index (χ2v) is 7.66. The van der Waals surface area contributed by atoms with E-state index >= 15 is 0 Å². The Labute approximate surface area is 165 Å². The number of piperidine rings is 1. The maximum atomic E-state index is 13.4. The molecule has 29 heavy (non-hydrogen) atoms. The molecule has 1 aliphatic heterocycles. The second kappa shape index (κ2) is 7.40. The minimum absolute atomic E-state index is 0.0662. The van der Waals surface area contributed by atoms with Crippen LogP contribution in [0, 0.1) is 18.7 Å². The van der Waals surface area contributed by atoms with Gasteiger partial charge in [-0.25, -0.2) is 14.1 Å². The van der Waals surface area contributed by atoms with Crippen LogP contribution >= 0.6 is 0 Å². The Morgan fingerprint density at radius 2 is 2.03 bits per heavy atom. The first-order chi connectivity index (χ1) is 13.4. The molecule has 158 valence electrons. The summed E-state index contributed by atoms with van der Waals surface area (Å²) in [5, 5.41) is 14.0. The monoisotopic (exact) mass is 414 g/mol. The molecule has 1 saturated heterocycles. The van der Waals surface area contributed by atoms with Crippen molar-refractivity contribution in [1.29, 1.82) is 0 Å². The second-order valence-electron chi connectivity index (χ2n) is 7.66. The number of halogens is 4. The lowest BCUT2D eigenvalue weighted by atomic mass is 9.83. The molecule has 1 N–H and O–H groups in total. The standard InChI is InChI=1S/C19H22F4N4O2/c1-11-8-13(20)9-24-16(11)27-15(4-6-25-27)14-5-7-26(10-12(14)2)17(28)18(3,29)19(21,22)23/h4,6,8-9,12,14,29H,5,7,10H2,1-3H3/t12-,14+,18-/m1/s1. The van der Waals surface area contributed by atoms with Crippen LogP contribution in [0.4, 0.5) is 17.6 Å². The number of likely N-dealkylation sites (tertiary alicyclic amines) is 1. The molecule has 0 spiro atoms. The largest absolute Gasteiger partial charge is 0.426 e. The number of carbonyl (C=O) groups excluding carboxylic acids is 1. The van der Waals surface area contributed by atoms with Crippen LogP contribution in [0.15, 0.2) is 24.5 Å². The predicted octanol–water partition coefficient (Wildman–Crippen LogP) is 2.98. The van der Waals surface area contributed by atoms with Crippen molar-refractivity contribution in [3.05, 3.63) is 41.6 Å². The number of rotatable bonds is 3. The summed E-state index contributed by atoms with van der Waals surface area (Å²) >= 11 is 0. The van der Waals surface area contributed by atoms with Gasteiger partial charge in [-0.2, -0.15) is 18.3 Å². The number of aryl methyl sites for hydroxylation is 1. The number of carbonyl (C=O) groups is 1. The van der Waals surface area contributed by atoms with Crippen LogP contribution in [0.1, 0.15) is 37.4 Å². The molecule has 10 heteroatoms. The van der Waals surface area contributed by atoms with Gasteiger partial charge in [0.05, 0.1) is 6.20 Å². The van der Waals surface area contributed by atoms with E-state index in [9.17, 15) is 27.5 Å². The Bertz CT molecular complexity index is 910. The molecule has 2 aromatic rings. The summed E-state index contributed by atoms with van der Waals surface area (Å²) in [6.45, 7) is 4.15. The first kappa shape index (κ1) is 21.2. The predicted molar refractivity (Wildman–Crippen MR) is 95.8 cm³/mol. The fourth-order valence-corrected chi connectivity index (χ4v) is 3.72. The number of aliphatic hydroxyl groups is 1. The lowest BCUT2D eigenvalue weighted by molar-refractivity contribution is -0.250. The molecule has 0 saturated carbocycles. The molecule has 0 unspecified atom stereocenters. The van der Waals surface area contributed by atoms with Gasteiger partial charge in [-0.3, -0.25) is 4.79 Å². The first-order valence-electron chi connectivity index (χ1n) is 9.18. The normalized spacial score (nSPS) is 22.4. The summed E-state index contributed by atoms with van der Waals surface area (Å²) in [4.78, 5) is 17.4. The molecule has 3 atom stereocenters. The van der Waals surface area contributed by atoms with E-state index in [1.54, 1.807) is 23.9 Å². The van der Waals surface area contributed by atoms with E-state index in [1.165, 1.54) is 6.07 Å². The summed E-state index contributed by atoms with van der Waals surface area (Å²) in [6.07, 6.45) is -1.97. The molecular weight excluding hydrogens is 392 g/mol. The van der Waals surface area contributed by atoms with Gasteiger partial charge in [0.2, 0.25) is 5.60 Å². The molecule has 3 rings (SSSR count). The highest BCUT2D eigenvalue weighted by molar-refractivity contribution is 5.85. The van der Waals surface area contributed by atoms with Crippen molar-refractivity contribution in [3.63, 3.8) is 0 Å². The Balaban J connectivity index is 1.82. The van der Waals surface area contributed by atoms with Crippen molar-refractivity contribution in [1.82, 2.24) is 19.7 Å². The van der Waals surface area contributed by atoms with Crippen molar-refractivity contribution < 1.29 is 27.5 Å². The van der Waals surface area contributed by atoms with Gasteiger partial charge in [0.1, 0.15) is 5.82 Å². The van der Waals surface area contributed by atoms with Gasteiger partial charge >= 0.3 is 6.18 Å². The third kappa shape index (κ3) is 3.85. The Hall–Kier alpha value is -2.49. The van der Waals surface area contributed by atoms with Crippen molar-refractivity contribution in [2.45, 2.75) is 44.9 Å². The fraction of sp³-hybridized carbons (Fsp3) is 0.526. The zero-order valence-corrected chi connectivity index (χ0v) is 16.2. The topological polar surface area (TPSA) is 71.2 Å². The minimum atomic E-state index is -5.05. The minimum Gasteiger partial charge on any atom is -0.373 e. The van der Waals surface area contributed by atoms with Crippen molar-refractivity contribution >= 4 is 5.91 Å². The van der Waals surface area contributed by atoms with Gasteiger partial charge in [-0.15, -0.1) is 0 Å². The number of amides is 1. The zero-order chi connectivity index (χ0) is 21.6. The lowest BCUT2D eigenvalue weighted by Crippen LogP contribution is -2.58. The molecule has 1 fully saturated rings. The fourth-order valence-electron chi connectivity index (χ4n) is 3.72. The quantitative estimate of drug-likeness (QED) is 0.784. The third-order valence-corrected chi connectivity index (χ3v) is 5.43. The number of hydrogen-bond donors (Lipinski definition) is 1. The van der Waals surface area contributed by atoms with Gasteiger partial charge in [0.15, 0.2) is 5.82 Å². The van der Waals surface area contributed by atoms with Gasteiger partial charge in [0.25, 0.3) is 5.91 Å². The van der Waals surface area contributed by atoms with Crippen molar-refractivity contribution in [2.24, 2.45) is 5.92 Å². The summed E-state index contributed by atoms with van der Waals surface area (Å²) in [7, 11) is 0. The van der Waals surface area contributed by atoms with Crippen LogP contribution in [-0.2, 0) is 4.79 Å². The molecule has 0 aliphatic carbocycles. The molecular formula is C19H22F4N4O2. The molecule has 0 radical (unpaired) electrons. The lowest BCUT2D eigenvalue weighted by Gasteiger charge is -2.40. The van der Waals surface area contributed by atoms with Gasteiger partial charge in [0, 0.05) is 30.9 Å². The highest BCUT2D eigenvalue weighted by atomic mass is 19.4. The molecule has 0 bridgehead atoms. The number of aromatic nitrogens is 3. The van der Waals surface area contributed by atoms with Crippen LogP contribution in [-0.4, -0.2) is 55.5 Å². The van der Waals surface area contributed by atoms with Gasteiger partial charge in [-0.05, 0) is 43.9 Å². The maximum absolute atomic E-state index is 13.4. The van der Waals surface area contributed by atoms with E-state index in [2.05, 4.69) is 10.1 Å². The molecule has 3 heterocycles. The Kier molecular flexibility index (Phi) is 5.42. The van der Waals surface area contributed by atoms with Crippen LogP contribution in [0.25, 0.3) is 5.82 Å². The van der Waals surface area contributed by atoms with E-state index < -0.39 is 23.5 Å². The SMILES string of the molecule is Cc1cc(F)cnc1-n1nccc1[C@H]1CCN(C(=O)[C@@](C)(O)C(F)(F)F)C[C@H]1C. The third-order valence-electron chi connectivity index (χ3n) is 5.43. The van der Waals surface area contributed by atoms with Crippen molar-refractivity contribution in [3.8, 4) is 5.82 Å². The van der Waals surface area contributed by atoms with E-state index in [0.29, 0.717) is 24.7 Å². The van der Waals surface area contributed by atoms with Crippen LogP contribution in [0.2, 0.25) is 0 Å². The number of nitrogens with zero attached hydrogens (tertiary/aromatic N) is 4. The van der Waals surface area contributed by atoms with Gasteiger partial charge in [-0.1, -0.05) is 6.92 Å². The smallest absolute Gasteiger partial charge is 0.373 e. The highest BCUT2D eigenvalue weighted by Gasteiger charge is 2.57. The number of alkyl halides is 3. The van der Waals surface area contributed by atoms with E-state index in [0.717, 1.165) is 16.8 Å². The van der Waals surface area contributed by atoms with Crippen LogP contribution in [0.3, 0.4) is 0 Å². The number of hydrogen-bond acceptors (Lipinski definition) is 4. The van der Waals surface area contributed by atoms with E-state index in [-0.39, 0.29) is 24.9 Å². The van der Waals surface area contributed by atoms with Crippen LogP contribution in [0.5, 0.6) is 0 Å². The summed E-state index contributed by atoms with van der Waals surface area (Å²) in [6, 6.07) is 3.13. The Morgan fingerprint density at radius 3 is 2.62 bits per heavy atom. The maximum Gasteiger partial charge on any atom is 0.426 e. The zero-order valence-electron chi connectivity index (χ0n) is 16.2. The van der Waals surface area contributed by atoms with Crippen LogP contribution < -0.4 is 0 Å². The summed E-state index contributed by atoms with van der Waals surface area (Å²) in [5.41, 5.74) is -2.04. The highest BCUT2D eigenvalue weighted by Crippen LogP contribution is 2.37. The number of pyridine rings is 1. The molecule has 1 aliphatic rings. The van der Waals surface area contributed by atoms with Gasteiger partial charge < -0.3 is 10.0 Å². The molecule has 0 aromatic carbocycles. The Morgan fingerprint density at radius 1 is 1.34 bits per heavy atom. The molecule has 1 amide bonds. The summed E-state index contributed by atoms with van der Waals surface area (Å²) in [5.74, 6) is -1.62.